The number of nitrogens with one attached hydrogen (secondary N) is 1. The summed E-state index contributed by atoms with van der Waals surface area (Å²) in [5.41, 5.74) is 4.67. The average Bonchev–Trinajstić information content (AvgIpc) is 3.09. The smallest absolute Gasteiger partial charge is 0.123 e. The van der Waals surface area contributed by atoms with Crippen LogP contribution in [0.5, 0.6) is 0 Å². The summed E-state index contributed by atoms with van der Waals surface area (Å²) in [4.78, 5) is 4.33. The van der Waals surface area contributed by atoms with Gasteiger partial charge in [-0.25, -0.2) is 9.37 Å². The highest BCUT2D eigenvalue weighted by atomic mass is 19.1. The molecule has 3 aromatic rings. The molecule has 1 atom stereocenters. The summed E-state index contributed by atoms with van der Waals surface area (Å²) in [5.74, 6) is -0.197. The Morgan fingerprint density at radius 1 is 1.12 bits per heavy atom. The van der Waals surface area contributed by atoms with Gasteiger partial charge in [0.25, 0.3) is 0 Å². The molecule has 4 heteroatoms. The topological polar surface area (TPSA) is 29.9 Å². The molecule has 0 aliphatic carbocycles. The van der Waals surface area contributed by atoms with Crippen LogP contribution in [0, 0.1) is 5.82 Å². The minimum atomic E-state index is -0.197. The van der Waals surface area contributed by atoms with Crippen molar-refractivity contribution in [2.75, 3.05) is 7.05 Å². The van der Waals surface area contributed by atoms with Gasteiger partial charge in [0.15, 0.2) is 0 Å². The number of aromatic nitrogens is 2. The van der Waals surface area contributed by atoms with E-state index in [-0.39, 0.29) is 11.9 Å². The predicted octanol–water partition coefficient (Wildman–Crippen LogP) is 4.21. The van der Waals surface area contributed by atoms with E-state index in [9.17, 15) is 4.39 Å². The maximum atomic E-state index is 13.0. The highest BCUT2D eigenvalue weighted by Crippen LogP contribution is 2.28. The Kier molecular flexibility index (Phi) is 5.06. The van der Waals surface area contributed by atoms with Crippen LogP contribution in [0.25, 0.3) is 11.3 Å². The Balaban J connectivity index is 1.84. The lowest BCUT2D eigenvalue weighted by Crippen LogP contribution is -2.14. The Labute approximate surface area is 142 Å². The summed E-state index contributed by atoms with van der Waals surface area (Å²) < 4.78 is 15.2. The summed E-state index contributed by atoms with van der Waals surface area (Å²) >= 11 is 0. The Hall–Kier alpha value is -2.46. The molecule has 2 aromatic carbocycles. The van der Waals surface area contributed by atoms with E-state index in [0.717, 1.165) is 24.2 Å². The first-order chi connectivity index (χ1) is 11.7. The fourth-order valence-corrected chi connectivity index (χ4v) is 2.89. The van der Waals surface area contributed by atoms with Crippen molar-refractivity contribution in [1.82, 2.24) is 14.9 Å². The van der Waals surface area contributed by atoms with Crippen molar-refractivity contribution in [3.63, 3.8) is 0 Å². The third-order valence-electron chi connectivity index (χ3n) is 4.40. The van der Waals surface area contributed by atoms with Gasteiger partial charge in [-0.15, -0.1) is 0 Å². The minimum Gasteiger partial charge on any atom is -0.330 e. The standard InChI is InChI=1S/C20H22FN3/c1-15(22-2)18-5-3-4-6-19(18)20-13-23-14-24(20)12-11-16-7-9-17(21)10-8-16/h3-10,13-15,22H,11-12H2,1-2H3. The number of hydrogen-bond donors (Lipinski definition) is 1. The van der Waals surface area contributed by atoms with Crippen molar-refractivity contribution in [3.05, 3.63) is 78.0 Å². The molecule has 0 saturated carbocycles. The maximum absolute atomic E-state index is 13.0. The molecule has 0 aliphatic rings. The zero-order chi connectivity index (χ0) is 16.9. The summed E-state index contributed by atoms with van der Waals surface area (Å²) in [7, 11) is 1.97. The van der Waals surface area contributed by atoms with Gasteiger partial charge in [0.1, 0.15) is 5.82 Å². The van der Waals surface area contributed by atoms with Gasteiger partial charge in [-0.2, -0.15) is 0 Å². The van der Waals surface area contributed by atoms with Crippen LogP contribution in [0.15, 0.2) is 61.1 Å². The highest BCUT2D eigenvalue weighted by Gasteiger charge is 2.13. The number of aryl methyl sites for hydroxylation is 2. The summed E-state index contributed by atoms with van der Waals surface area (Å²) in [5, 5.41) is 3.30. The van der Waals surface area contributed by atoms with Gasteiger partial charge >= 0.3 is 0 Å². The van der Waals surface area contributed by atoms with E-state index in [4.69, 9.17) is 0 Å². The van der Waals surface area contributed by atoms with Gasteiger partial charge < -0.3 is 9.88 Å². The van der Waals surface area contributed by atoms with E-state index in [1.165, 1.54) is 23.3 Å². The zero-order valence-corrected chi connectivity index (χ0v) is 14.0. The second kappa shape index (κ2) is 7.41. The molecule has 0 bridgehead atoms. The van der Waals surface area contributed by atoms with Crippen molar-refractivity contribution in [2.24, 2.45) is 0 Å². The molecule has 0 fully saturated rings. The lowest BCUT2D eigenvalue weighted by atomic mass is 9.99. The molecule has 0 spiro atoms. The number of benzene rings is 2. The van der Waals surface area contributed by atoms with Crippen molar-refractivity contribution in [2.45, 2.75) is 25.9 Å². The van der Waals surface area contributed by atoms with Crippen LogP contribution in [-0.2, 0) is 13.0 Å². The van der Waals surface area contributed by atoms with Gasteiger partial charge in [-0.1, -0.05) is 36.4 Å². The quantitative estimate of drug-likeness (QED) is 0.736. The molecule has 1 heterocycles. The van der Waals surface area contributed by atoms with Crippen LogP contribution in [0.3, 0.4) is 0 Å². The molecule has 1 N–H and O–H groups in total. The molecule has 0 saturated heterocycles. The number of imidazole rings is 1. The van der Waals surface area contributed by atoms with Gasteiger partial charge in [0, 0.05) is 18.2 Å². The van der Waals surface area contributed by atoms with Crippen LogP contribution in [0.4, 0.5) is 4.39 Å². The van der Waals surface area contributed by atoms with Gasteiger partial charge in [-0.05, 0) is 43.7 Å². The number of rotatable bonds is 6. The maximum Gasteiger partial charge on any atom is 0.123 e. The molecule has 124 valence electrons. The van der Waals surface area contributed by atoms with E-state index in [2.05, 4.69) is 46.1 Å². The number of nitrogens with zero attached hydrogens (tertiary/aromatic N) is 2. The lowest BCUT2D eigenvalue weighted by Gasteiger charge is -2.17. The molecular weight excluding hydrogens is 301 g/mol. The van der Waals surface area contributed by atoms with Crippen LogP contribution in [-0.4, -0.2) is 16.6 Å². The van der Waals surface area contributed by atoms with Crippen molar-refractivity contribution < 1.29 is 4.39 Å². The van der Waals surface area contributed by atoms with Gasteiger partial charge in [0.2, 0.25) is 0 Å². The molecule has 1 aromatic heterocycles. The largest absolute Gasteiger partial charge is 0.330 e. The van der Waals surface area contributed by atoms with Gasteiger partial charge in [0.05, 0.1) is 18.2 Å². The second-order valence-corrected chi connectivity index (χ2v) is 5.95. The first-order valence-electron chi connectivity index (χ1n) is 8.20. The first-order valence-corrected chi connectivity index (χ1v) is 8.20. The SMILES string of the molecule is CNC(C)c1ccccc1-c1cncn1CCc1ccc(F)cc1. The predicted molar refractivity (Wildman–Crippen MR) is 95.2 cm³/mol. The molecule has 24 heavy (non-hydrogen) atoms. The normalized spacial score (nSPS) is 12.3. The van der Waals surface area contributed by atoms with E-state index in [1.54, 1.807) is 0 Å². The molecule has 0 aliphatic heterocycles. The van der Waals surface area contributed by atoms with Gasteiger partial charge in [-0.3, -0.25) is 0 Å². The first kappa shape index (κ1) is 16.4. The van der Waals surface area contributed by atoms with Crippen LogP contribution < -0.4 is 5.32 Å². The number of halogens is 1. The van der Waals surface area contributed by atoms with Crippen LogP contribution >= 0.6 is 0 Å². The summed E-state index contributed by atoms with van der Waals surface area (Å²) in [6, 6.07) is 15.3. The zero-order valence-electron chi connectivity index (χ0n) is 14.0. The average molecular weight is 323 g/mol. The van der Waals surface area contributed by atoms with Crippen molar-refractivity contribution in [1.29, 1.82) is 0 Å². The molecule has 3 rings (SSSR count). The third kappa shape index (κ3) is 3.54. The number of hydrogen-bond acceptors (Lipinski definition) is 2. The molecule has 3 nitrogen and oxygen atoms in total. The van der Waals surface area contributed by atoms with E-state index >= 15 is 0 Å². The third-order valence-corrected chi connectivity index (χ3v) is 4.40. The molecule has 1 unspecified atom stereocenters. The Morgan fingerprint density at radius 2 is 1.88 bits per heavy atom. The minimum absolute atomic E-state index is 0.197. The summed E-state index contributed by atoms with van der Waals surface area (Å²) in [6.07, 6.45) is 4.61. The Morgan fingerprint density at radius 3 is 2.62 bits per heavy atom. The monoisotopic (exact) mass is 323 g/mol. The van der Waals surface area contributed by atoms with E-state index < -0.39 is 0 Å². The molecule has 0 radical (unpaired) electrons. The fourth-order valence-electron chi connectivity index (χ4n) is 2.89. The fraction of sp³-hybridized carbons (Fsp3) is 0.250. The van der Waals surface area contributed by atoms with E-state index in [0.29, 0.717) is 0 Å². The van der Waals surface area contributed by atoms with Crippen LogP contribution in [0.2, 0.25) is 0 Å². The summed E-state index contributed by atoms with van der Waals surface area (Å²) in [6.45, 7) is 2.96. The van der Waals surface area contributed by atoms with Crippen LogP contribution in [0.1, 0.15) is 24.1 Å². The molecule has 0 amide bonds. The Bertz CT molecular complexity index is 793. The van der Waals surface area contributed by atoms with Crippen molar-refractivity contribution in [3.8, 4) is 11.3 Å². The second-order valence-electron chi connectivity index (χ2n) is 5.95. The van der Waals surface area contributed by atoms with E-state index in [1.807, 2.05) is 31.7 Å². The van der Waals surface area contributed by atoms with Crippen molar-refractivity contribution >= 4 is 0 Å². The highest BCUT2D eigenvalue weighted by molar-refractivity contribution is 5.64. The lowest BCUT2D eigenvalue weighted by molar-refractivity contribution is 0.625. The molecular formula is C20H22FN3.